The van der Waals surface area contributed by atoms with Crippen LogP contribution in [0.15, 0.2) is 36.0 Å². The number of unbranched alkanes of at least 4 members (excludes halogenated alkanes) is 1. The highest BCUT2D eigenvalue weighted by atomic mass is 16.5. The lowest BCUT2D eigenvalue weighted by atomic mass is 9.99. The first-order valence-electron chi connectivity index (χ1n) is 7.05. The number of esters is 2. The molecule has 1 aliphatic rings. The Balaban J connectivity index is 2.53. The standard InChI is InChI=1S/C16H22O4/c1-3-5-10-19-15(17)13-8-7-9-14(12-13)16(18)20-11-6-4-2/h3,8,12H,1,4-7,9-11H2,2H3. The van der Waals surface area contributed by atoms with Gasteiger partial charge in [-0.25, -0.2) is 9.59 Å². The molecule has 110 valence electrons. The minimum atomic E-state index is -0.398. The molecule has 4 nitrogen and oxygen atoms in total. The molecule has 0 fully saturated rings. The van der Waals surface area contributed by atoms with Crippen molar-refractivity contribution in [3.63, 3.8) is 0 Å². The van der Waals surface area contributed by atoms with Crippen LogP contribution in [0.25, 0.3) is 0 Å². The third kappa shape index (κ3) is 5.43. The normalized spacial score (nSPS) is 14.1. The summed E-state index contributed by atoms with van der Waals surface area (Å²) in [4.78, 5) is 23.6. The molecule has 0 aromatic heterocycles. The number of hydrogen-bond donors (Lipinski definition) is 0. The van der Waals surface area contributed by atoms with Gasteiger partial charge in [0.05, 0.1) is 18.8 Å². The molecule has 0 saturated carbocycles. The monoisotopic (exact) mass is 278 g/mol. The summed E-state index contributed by atoms with van der Waals surface area (Å²) in [6.45, 7) is 6.33. The van der Waals surface area contributed by atoms with Crippen LogP contribution in [0, 0.1) is 0 Å². The second-order valence-corrected chi connectivity index (χ2v) is 4.57. The fourth-order valence-corrected chi connectivity index (χ4v) is 1.73. The van der Waals surface area contributed by atoms with Crippen LogP contribution < -0.4 is 0 Å². The Labute approximate surface area is 120 Å². The summed E-state index contributed by atoms with van der Waals surface area (Å²) in [6, 6.07) is 0. The maximum atomic E-state index is 11.8. The molecule has 0 bridgehead atoms. The number of allylic oxidation sites excluding steroid dienone is 1. The van der Waals surface area contributed by atoms with Crippen molar-refractivity contribution in [2.24, 2.45) is 0 Å². The van der Waals surface area contributed by atoms with Gasteiger partial charge in [-0.05, 0) is 31.8 Å². The van der Waals surface area contributed by atoms with Crippen LogP contribution in [0.5, 0.6) is 0 Å². The average Bonchev–Trinajstić information content (AvgIpc) is 2.47. The van der Waals surface area contributed by atoms with E-state index < -0.39 is 5.97 Å². The zero-order valence-electron chi connectivity index (χ0n) is 12.0. The first kappa shape index (κ1) is 16.2. The highest BCUT2D eigenvalue weighted by Gasteiger charge is 2.18. The molecule has 0 amide bonds. The maximum Gasteiger partial charge on any atom is 0.337 e. The Bertz CT molecular complexity index is 418. The van der Waals surface area contributed by atoms with Crippen LogP contribution in [0.2, 0.25) is 0 Å². The van der Waals surface area contributed by atoms with Crippen molar-refractivity contribution < 1.29 is 19.1 Å². The number of ether oxygens (including phenoxy) is 2. The molecule has 0 heterocycles. The molecule has 0 N–H and O–H groups in total. The molecule has 0 aliphatic heterocycles. The quantitative estimate of drug-likeness (QED) is 0.389. The van der Waals surface area contributed by atoms with E-state index in [1.54, 1.807) is 18.2 Å². The van der Waals surface area contributed by atoms with Gasteiger partial charge in [-0.3, -0.25) is 0 Å². The van der Waals surface area contributed by atoms with Crippen LogP contribution in [-0.2, 0) is 19.1 Å². The van der Waals surface area contributed by atoms with E-state index in [0.29, 0.717) is 43.6 Å². The SMILES string of the molecule is C=CCCOC(=O)C1=CCCC(C(=O)OCCCC)=C1. The van der Waals surface area contributed by atoms with Crippen LogP contribution in [0.1, 0.15) is 39.0 Å². The molecule has 0 aromatic carbocycles. The molecule has 4 heteroatoms. The van der Waals surface area contributed by atoms with Gasteiger partial charge in [0.1, 0.15) is 0 Å². The van der Waals surface area contributed by atoms with Crippen molar-refractivity contribution in [2.75, 3.05) is 13.2 Å². The zero-order chi connectivity index (χ0) is 14.8. The Morgan fingerprint density at radius 1 is 1.30 bits per heavy atom. The fourth-order valence-electron chi connectivity index (χ4n) is 1.73. The fraction of sp³-hybridized carbons (Fsp3) is 0.500. The smallest absolute Gasteiger partial charge is 0.337 e. The third-order valence-electron chi connectivity index (χ3n) is 2.89. The number of carbonyl (C=O) groups excluding carboxylic acids is 2. The molecule has 0 saturated heterocycles. The van der Waals surface area contributed by atoms with Crippen molar-refractivity contribution in [2.45, 2.75) is 39.0 Å². The van der Waals surface area contributed by atoms with Gasteiger partial charge >= 0.3 is 11.9 Å². The molecule has 1 rings (SSSR count). The van der Waals surface area contributed by atoms with Crippen LogP contribution in [0.3, 0.4) is 0 Å². The zero-order valence-corrected chi connectivity index (χ0v) is 12.0. The summed E-state index contributed by atoms with van der Waals surface area (Å²) in [5, 5.41) is 0. The third-order valence-corrected chi connectivity index (χ3v) is 2.89. The van der Waals surface area contributed by atoms with Gasteiger partial charge in [-0.2, -0.15) is 0 Å². The molecule has 0 atom stereocenters. The van der Waals surface area contributed by atoms with E-state index in [0.717, 1.165) is 12.8 Å². The summed E-state index contributed by atoms with van der Waals surface area (Å²) in [5.74, 6) is -0.728. The van der Waals surface area contributed by atoms with E-state index in [9.17, 15) is 9.59 Å². The first-order chi connectivity index (χ1) is 9.69. The highest BCUT2D eigenvalue weighted by Crippen LogP contribution is 2.19. The van der Waals surface area contributed by atoms with Crippen molar-refractivity contribution in [1.82, 2.24) is 0 Å². The minimum absolute atomic E-state index is 0.309. The van der Waals surface area contributed by atoms with Gasteiger partial charge in [-0.1, -0.05) is 25.5 Å². The Morgan fingerprint density at radius 2 is 2.05 bits per heavy atom. The Hall–Kier alpha value is -1.84. The summed E-state index contributed by atoms with van der Waals surface area (Å²) in [5.41, 5.74) is 0.974. The maximum absolute atomic E-state index is 11.8. The predicted molar refractivity (Wildman–Crippen MR) is 77.0 cm³/mol. The first-order valence-corrected chi connectivity index (χ1v) is 7.05. The van der Waals surface area contributed by atoms with E-state index >= 15 is 0 Å². The predicted octanol–water partition coefficient (Wildman–Crippen LogP) is 3.10. The van der Waals surface area contributed by atoms with Crippen molar-refractivity contribution in [3.8, 4) is 0 Å². The molecule has 0 unspecified atom stereocenters. The average molecular weight is 278 g/mol. The number of rotatable bonds is 8. The number of carbonyl (C=O) groups is 2. The van der Waals surface area contributed by atoms with Crippen molar-refractivity contribution in [3.05, 3.63) is 36.0 Å². The minimum Gasteiger partial charge on any atom is -0.462 e. The summed E-state index contributed by atoms with van der Waals surface area (Å²) in [6.07, 6.45) is 8.77. The van der Waals surface area contributed by atoms with Gasteiger partial charge in [0.25, 0.3) is 0 Å². The lowest BCUT2D eigenvalue weighted by molar-refractivity contribution is -0.139. The topological polar surface area (TPSA) is 52.6 Å². The molecule has 0 aromatic rings. The second kappa shape index (κ2) is 9.13. The van der Waals surface area contributed by atoms with E-state index in [1.807, 2.05) is 6.92 Å². The van der Waals surface area contributed by atoms with Gasteiger partial charge in [-0.15, -0.1) is 6.58 Å². The molecule has 20 heavy (non-hydrogen) atoms. The Kier molecular flexibility index (Phi) is 7.40. The number of hydrogen-bond acceptors (Lipinski definition) is 4. The van der Waals surface area contributed by atoms with Crippen LogP contribution in [-0.4, -0.2) is 25.2 Å². The molecule has 1 aliphatic carbocycles. The summed E-state index contributed by atoms with van der Waals surface area (Å²) < 4.78 is 10.2. The molecule has 0 spiro atoms. The van der Waals surface area contributed by atoms with Crippen LogP contribution in [0.4, 0.5) is 0 Å². The lowest BCUT2D eigenvalue weighted by Crippen LogP contribution is -2.14. The van der Waals surface area contributed by atoms with E-state index in [-0.39, 0.29) is 5.97 Å². The van der Waals surface area contributed by atoms with Gasteiger partial charge in [0.2, 0.25) is 0 Å². The molecular formula is C16H22O4. The van der Waals surface area contributed by atoms with Gasteiger partial charge < -0.3 is 9.47 Å². The largest absolute Gasteiger partial charge is 0.462 e. The lowest BCUT2D eigenvalue weighted by Gasteiger charge is -2.13. The Morgan fingerprint density at radius 3 is 2.75 bits per heavy atom. The summed E-state index contributed by atoms with van der Waals surface area (Å²) >= 11 is 0. The van der Waals surface area contributed by atoms with Crippen molar-refractivity contribution >= 4 is 11.9 Å². The van der Waals surface area contributed by atoms with Gasteiger partial charge in [0.15, 0.2) is 0 Å². The van der Waals surface area contributed by atoms with E-state index in [4.69, 9.17) is 9.47 Å². The molecular weight excluding hydrogens is 256 g/mol. The van der Waals surface area contributed by atoms with E-state index in [1.165, 1.54) is 0 Å². The summed E-state index contributed by atoms with van der Waals surface area (Å²) in [7, 11) is 0. The highest BCUT2D eigenvalue weighted by molar-refractivity contribution is 5.97. The van der Waals surface area contributed by atoms with E-state index in [2.05, 4.69) is 6.58 Å². The van der Waals surface area contributed by atoms with Gasteiger partial charge in [0, 0.05) is 5.57 Å². The second-order valence-electron chi connectivity index (χ2n) is 4.57. The van der Waals surface area contributed by atoms with Crippen molar-refractivity contribution in [1.29, 1.82) is 0 Å². The molecule has 0 radical (unpaired) electrons. The van der Waals surface area contributed by atoms with Crippen LogP contribution >= 0.6 is 0 Å².